The second-order valence-electron chi connectivity index (χ2n) is 6.80. The van der Waals surface area contributed by atoms with Crippen LogP contribution in [0.25, 0.3) is 0 Å². The number of primary sulfonamides is 1. The minimum atomic E-state index is -4.10. The van der Waals surface area contributed by atoms with Gasteiger partial charge in [-0.05, 0) is 49.4 Å². The summed E-state index contributed by atoms with van der Waals surface area (Å²) >= 11 is 6.04. The Morgan fingerprint density at radius 1 is 1.34 bits per heavy atom. The second-order valence-corrected chi connectivity index (χ2v) is 8.77. The Labute approximate surface area is 174 Å². The van der Waals surface area contributed by atoms with Crippen LogP contribution in [0.3, 0.4) is 0 Å². The second kappa shape index (κ2) is 8.36. The number of carbonyl (C=O) groups excluding carboxylic acids is 1. The van der Waals surface area contributed by atoms with Gasteiger partial charge in [0.25, 0.3) is 0 Å². The van der Waals surface area contributed by atoms with Crippen LogP contribution >= 0.6 is 11.6 Å². The molecule has 1 aliphatic rings. The number of nitrogens with zero attached hydrogens (tertiary/aromatic N) is 1. The van der Waals surface area contributed by atoms with Crippen LogP contribution in [-0.2, 0) is 21.2 Å². The number of aromatic nitrogens is 1. The number of sulfonamides is 1. The molecule has 0 saturated carbocycles. The molecule has 1 heterocycles. The highest BCUT2D eigenvalue weighted by Gasteiger charge is 2.28. The Kier molecular flexibility index (Phi) is 6.07. The van der Waals surface area contributed by atoms with Gasteiger partial charge < -0.3 is 10.1 Å². The predicted octanol–water partition coefficient (Wildman–Crippen LogP) is 3.13. The van der Waals surface area contributed by atoms with E-state index in [1.165, 1.54) is 12.1 Å². The highest BCUT2D eigenvalue weighted by molar-refractivity contribution is 7.89. The maximum Gasteiger partial charge on any atom is 0.241 e. The Bertz CT molecular complexity index is 1080. The number of nitrogens with two attached hydrogens (primary N) is 1. The Hall–Kier alpha value is -2.68. The van der Waals surface area contributed by atoms with E-state index >= 15 is 0 Å². The Morgan fingerprint density at radius 3 is 2.79 bits per heavy atom. The van der Waals surface area contributed by atoms with Gasteiger partial charge in [-0.15, -0.1) is 0 Å². The molecule has 3 N–H and O–H groups in total. The van der Waals surface area contributed by atoms with E-state index in [1.807, 2.05) is 6.08 Å². The lowest BCUT2D eigenvalue weighted by molar-refractivity contribution is -0.115. The number of allylic oxidation sites excluding steroid dienone is 2. The van der Waals surface area contributed by atoms with Crippen molar-refractivity contribution in [3.05, 3.63) is 71.5 Å². The molecule has 0 fully saturated rings. The number of halogens is 1. The van der Waals surface area contributed by atoms with E-state index in [-0.39, 0.29) is 28.7 Å². The van der Waals surface area contributed by atoms with Crippen molar-refractivity contribution >= 4 is 33.2 Å². The molecule has 0 saturated heterocycles. The fourth-order valence-corrected chi connectivity index (χ4v) is 3.89. The summed E-state index contributed by atoms with van der Waals surface area (Å²) in [7, 11) is -4.10. The average Bonchev–Trinajstić information content (AvgIpc) is 2.62. The van der Waals surface area contributed by atoms with Crippen LogP contribution in [0, 0.1) is 0 Å². The maximum absolute atomic E-state index is 12.2. The number of ether oxygens (including phenoxy) is 1. The summed E-state index contributed by atoms with van der Waals surface area (Å²) in [5, 5.41) is 8.52. The first-order valence-electron chi connectivity index (χ1n) is 8.75. The number of pyridine rings is 1. The minimum absolute atomic E-state index is 0.0531. The first-order valence-corrected chi connectivity index (χ1v) is 10.7. The van der Waals surface area contributed by atoms with Crippen molar-refractivity contribution < 1.29 is 17.9 Å². The van der Waals surface area contributed by atoms with E-state index in [2.05, 4.69) is 10.3 Å². The van der Waals surface area contributed by atoms with Gasteiger partial charge in [-0.2, -0.15) is 0 Å². The number of carbonyl (C=O) groups is 1. The topological polar surface area (TPSA) is 111 Å². The number of benzene rings is 1. The molecule has 1 aliphatic carbocycles. The number of anilines is 1. The van der Waals surface area contributed by atoms with Crippen molar-refractivity contribution in [3.63, 3.8) is 0 Å². The Morgan fingerprint density at radius 2 is 2.14 bits per heavy atom. The van der Waals surface area contributed by atoms with Gasteiger partial charge in [0.1, 0.15) is 16.2 Å². The molecule has 0 spiro atoms. The van der Waals surface area contributed by atoms with E-state index < -0.39 is 15.6 Å². The quantitative estimate of drug-likeness (QED) is 0.726. The van der Waals surface area contributed by atoms with E-state index in [4.69, 9.17) is 21.5 Å². The fraction of sp³-hybridized carbons (Fsp3) is 0.200. The van der Waals surface area contributed by atoms with E-state index in [1.54, 1.807) is 49.5 Å². The third-order valence-electron chi connectivity index (χ3n) is 4.19. The van der Waals surface area contributed by atoms with Crippen LogP contribution < -0.4 is 15.2 Å². The molecule has 0 radical (unpaired) electrons. The lowest BCUT2D eigenvalue weighted by atomic mass is 9.97. The van der Waals surface area contributed by atoms with Gasteiger partial charge in [-0.3, -0.25) is 9.78 Å². The highest BCUT2D eigenvalue weighted by Crippen LogP contribution is 2.33. The molecule has 1 unspecified atom stereocenters. The van der Waals surface area contributed by atoms with E-state index in [0.29, 0.717) is 17.1 Å². The van der Waals surface area contributed by atoms with Crippen LogP contribution in [0.15, 0.2) is 70.8 Å². The summed E-state index contributed by atoms with van der Waals surface area (Å²) in [6.07, 6.45) is 7.44. The van der Waals surface area contributed by atoms with Crippen LogP contribution in [0.4, 0.5) is 5.69 Å². The molecule has 0 bridgehead atoms. The molecule has 7 nitrogen and oxygen atoms in total. The highest BCUT2D eigenvalue weighted by atomic mass is 35.5. The minimum Gasteiger partial charge on any atom is -0.482 e. The zero-order chi connectivity index (χ0) is 21.1. The first kappa shape index (κ1) is 21.0. The summed E-state index contributed by atoms with van der Waals surface area (Å²) in [5.41, 5.74) is 0.0535. The molecule has 3 rings (SSSR count). The molecule has 1 aromatic carbocycles. The lowest BCUT2D eigenvalue weighted by Gasteiger charge is -2.29. The van der Waals surface area contributed by atoms with Crippen LogP contribution in [0.1, 0.15) is 19.0 Å². The summed E-state index contributed by atoms with van der Waals surface area (Å²) in [6, 6.07) is 9.54. The van der Waals surface area contributed by atoms with Crippen LogP contribution in [0.5, 0.6) is 5.75 Å². The van der Waals surface area contributed by atoms with Crippen molar-refractivity contribution in [1.82, 2.24) is 4.98 Å². The van der Waals surface area contributed by atoms with Gasteiger partial charge in [-0.25, -0.2) is 13.6 Å². The van der Waals surface area contributed by atoms with Gasteiger partial charge in [0.15, 0.2) is 0 Å². The maximum atomic E-state index is 12.2. The molecule has 1 aromatic heterocycles. The molecule has 1 atom stereocenters. The molecule has 9 heteroatoms. The number of hydrogen-bond acceptors (Lipinski definition) is 5. The van der Waals surface area contributed by atoms with E-state index in [0.717, 1.165) is 0 Å². The molecular weight excluding hydrogens is 414 g/mol. The average molecular weight is 434 g/mol. The monoisotopic (exact) mass is 433 g/mol. The lowest BCUT2D eigenvalue weighted by Crippen LogP contribution is -2.31. The Balaban J connectivity index is 1.83. The zero-order valence-electron chi connectivity index (χ0n) is 15.6. The van der Waals surface area contributed by atoms with Gasteiger partial charge in [0.2, 0.25) is 15.9 Å². The van der Waals surface area contributed by atoms with Gasteiger partial charge in [0.05, 0.1) is 6.42 Å². The summed E-state index contributed by atoms with van der Waals surface area (Å²) in [5.74, 6) is -0.259. The van der Waals surface area contributed by atoms with Gasteiger partial charge in [0, 0.05) is 29.0 Å². The van der Waals surface area contributed by atoms with Crippen molar-refractivity contribution in [1.29, 1.82) is 0 Å². The third kappa shape index (κ3) is 5.66. The van der Waals surface area contributed by atoms with Crippen LogP contribution in [-0.4, -0.2) is 24.9 Å². The fourth-order valence-electron chi connectivity index (χ4n) is 2.89. The van der Waals surface area contributed by atoms with Crippen LogP contribution in [0.2, 0.25) is 0 Å². The van der Waals surface area contributed by atoms with Crippen molar-refractivity contribution in [2.75, 3.05) is 5.32 Å². The molecule has 1 amide bonds. The summed E-state index contributed by atoms with van der Waals surface area (Å²) in [6.45, 7) is 1.79. The standard InChI is InChI=1S/C20H20ClN3O4S/c1-20(9-4-5-14(21)13-20)28-17-8-7-16(11-18(17)29(22,26)27)24-19(25)12-15-6-2-3-10-23-15/h2-8,10-11,13H,9,12H2,1H3,(H,24,25)(H2,22,26,27). The zero-order valence-corrected chi connectivity index (χ0v) is 17.2. The van der Waals surface area contributed by atoms with Gasteiger partial charge in [-0.1, -0.05) is 23.7 Å². The number of hydrogen-bond donors (Lipinski definition) is 2. The molecule has 2 aromatic rings. The summed E-state index contributed by atoms with van der Waals surface area (Å²) < 4.78 is 30.2. The van der Waals surface area contributed by atoms with Gasteiger partial charge >= 0.3 is 0 Å². The van der Waals surface area contributed by atoms with E-state index in [9.17, 15) is 13.2 Å². The number of nitrogens with one attached hydrogen (secondary N) is 1. The predicted molar refractivity (Wildman–Crippen MR) is 111 cm³/mol. The van der Waals surface area contributed by atoms with Crippen molar-refractivity contribution in [2.45, 2.75) is 30.3 Å². The number of amides is 1. The molecule has 0 aliphatic heterocycles. The molecular formula is C20H20ClN3O4S. The summed E-state index contributed by atoms with van der Waals surface area (Å²) in [4.78, 5) is 16.1. The largest absolute Gasteiger partial charge is 0.482 e. The molecule has 29 heavy (non-hydrogen) atoms. The third-order valence-corrected chi connectivity index (χ3v) is 5.36. The van der Waals surface area contributed by atoms with Crippen molar-refractivity contribution in [3.8, 4) is 5.75 Å². The SMILES string of the molecule is CC1(Oc2ccc(NC(=O)Cc3ccccn3)cc2S(N)(=O)=O)C=C(Cl)C=CC1. The molecule has 152 valence electrons. The smallest absolute Gasteiger partial charge is 0.241 e. The number of rotatable bonds is 6. The normalized spacial score (nSPS) is 18.8. The first-order chi connectivity index (χ1) is 13.6. The van der Waals surface area contributed by atoms with Crippen molar-refractivity contribution in [2.24, 2.45) is 5.14 Å².